The van der Waals surface area contributed by atoms with Gasteiger partial charge in [-0.2, -0.15) is 10.2 Å². The van der Waals surface area contributed by atoms with Gasteiger partial charge in [-0.1, -0.05) is 72.8 Å². The van der Waals surface area contributed by atoms with Crippen LogP contribution in [-0.4, -0.2) is 50.4 Å². The molecule has 4 rings (SSSR count). The van der Waals surface area contributed by atoms with Crippen molar-refractivity contribution in [2.45, 2.75) is 0 Å². The molecule has 0 saturated carbocycles. The van der Waals surface area contributed by atoms with Crippen LogP contribution in [0.4, 0.5) is 5.95 Å². The van der Waals surface area contributed by atoms with Crippen LogP contribution < -0.4 is 16.2 Å². The van der Waals surface area contributed by atoms with Gasteiger partial charge in [0.05, 0.1) is 18.0 Å². The molecule has 0 saturated heterocycles. The molecular formula is C25H22N8O4. The van der Waals surface area contributed by atoms with Gasteiger partial charge >= 0.3 is 11.8 Å². The summed E-state index contributed by atoms with van der Waals surface area (Å²) in [4.78, 5) is 38.2. The van der Waals surface area contributed by atoms with Crippen LogP contribution in [-0.2, 0) is 9.59 Å². The zero-order chi connectivity index (χ0) is 26.3. The number of hydrogen-bond acceptors (Lipinski definition) is 8. The average Bonchev–Trinajstić information content (AvgIpc) is 3.43. The van der Waals surface area contributed by atoms with Crippen molar-refractivity contribution in [1.29, 1.82) is 0 Å². The number of amides is 3. The van der Waals surface area contributed by atoms with Crippen LogP contribution in [0.2, 0.25) is 0 Å². The average molecular weight is 499 g/mol. The van der Waals surface area contributed by atoms with E-state index in [1.165, 1.54) is 30.9 Å². The first-order valence-electron chi connectivity index (χ1n) is 10.7. The summed E-state index contributed by atoms with van der Waals surface area (Å²) < 4.78 is 0. The second kappa shape index (κ2) is 13.9. The predicted octanol–water partition coefficient (Wildman–Crippen LogP) is 2.05. The molecule has 12 nitrogen and oxygen atoms in total. The quantitative estimate of drug-likeness (QED) is 0.154. The Bertz CT molecular complexity index is 1300. The fraction of sp³-hybridized carbons (Fsp3) is 0. The van der Waals surface area contributed by atoms with E-state index < -0.39 is 17.7 Å². The van der Waals surface area contributed by atoms with Crippen molar-refractivity contribution in [3.05, 3.63) is 108 Å². The first-order valence-corrected chi connectivity index (χ1v) is 10.7. The minimum atomic E-state index is -0.891. The second-order valence-corrected chi connectivity index (χ2v) is 7.01. The molecule has 4 aromatic rings. The maximum Gasteiger partial charge on any atom is 0.331 e. The van der Waals surface area contributed by atoms with Gasteiger partial charge in [0.15, 0.2) is 0 Å². The third-order valence-electron chi connectivity index (χ3n) is 4.35. The van der Waals surface area contributed by atoms with Crippen molar-refractivity contribution in [2.75, 3.05) is 5.32 Å². The highest BCUT2D eigenvalue weighted by Crippen LogP contribution is 2.16. The van der Waals surface area contributed by atoms with Gasteiger partial charge in [-0.05, 0) is 23.3 Å². The van der Waals surface area contributed by atoms with Crippen LogP contribution in [0.3, 0.4) is 0 Å². The number of anilines is 1. The number of aromatic hydroxyl groups is 1. The van der Waals surface area contributed by atoms with Crippen molar-refractivity contribution in [2.24, 2.45) is 10.2 Å². The molecule has 186 valence electrons. The van der Waals surface area contributed by atoms with Gasteiger partial charge in [-0.15, -0.1) is 5.10 Å². The second-order valence-electron chi connectivity index (χ2n) is 7.01. The Labute approximate surface area is 211 Å². The van der Waals surface area contributed by atoms with Gasteiger partial charge in [0.25, 0.3) is 5.91 Å². The topological polar surface area (TPSA) is 174 Å². The molecule has 3 amide bonds. The number of carbonyl (C=O) groups excluding carboxylic acids is 3. The molecule has 0 atom stereocenters. The van der Waals surface area contributed by atoms with E-state index in [0.717, 1.165) is 11.1 Å². The molecule has 0 radical (unpaired) electrons. The summed E-state index contributed by atoms with van der Waals surface area (Å²) in [7, 11) is 0. The third-order valence-corrected chi connectivity index (χ3v) is 4.35. The minimum absolute atomic E-state index is 0.0782. The Morgan fingerprint density at radius 3 is 1.76 bits per heavy atom. The maximum absolute atomic E-state index is 11.6. The SMILES string of the molecule is O=C(N/N=C\c1ccccc1)C(=O)N/N=C/c1ccccc1.O=C(Nc1nc[nH]n1)c1ccccc1O. The number of benzene rings is 3. The number of carbonyl (C=O) groups is 3. The summed E-state index contributed by atoms with van der Waals surface area (Å²) in [6.07, 6.45) is 4.23. The van der Waals surface area contributed by atoms with Gasteiger partial charge in [-0.25, -0.2) is 15.8 Å². The Kier molecular flexibility index (Phi) is 9.76. The number of phenolic OH excluding ortho intramolecular Hbond substituents is 1. The molecule has 1 aromatic heterocycles. The van der Waals surface area contributed by atoms with E-state index in [2.05, 4.69) is 41.6 Å². The molecule has 12 heteroatoms. The molecule has 0 aliphatic heterocycles. The number of aromatic amines is 1. The van der Waals surface area contributed by atoms with Gasteiger partial charge in [-0.3, -0.25) is 24.8 Å². The van der Waals surface area contributed by atoms with E-state index in [4.69, 9.17) is 0 Å². The highest BCUT2D eigenvalue weighted by molar-refractivity contribution is 6.35. The molecule has 3 aromatic carbocycles. The Hall–Kier alpha value is -5.65. The van der Waals surface area contributed by atoms with Crippen LogP contribution in [0.5, 0.6) is 5.75 Å². The van der Waals surface area contributed by atoms with Crippen LogP contribution in [0, 0.1) is 0 Å². The van der Waals surface area contributed by atoms with E-state index >= 15 is 0 Å². The molecule has 0 fully saturated rings. The normalized spacial score (nSPS) is 10.4. The summed E-state index contributed by atoms with van der Waals surface area (Å²) in [6.45, 7) is 0. The zero-order valence-electron chi connectivity index (χ0n) is 19.3. The number of hydrazone groups is 2. The fourth-order valence-corrected chi connectivity index (χ4v) is 2.61. The number of nitrogens with one attached hydrogen (secondary N) is 4. The maximum atomic E-state index is 11.6. The number of aromatic nitrogens is 3. The number of phenols is 1. The molecular weight excluding hydrogens is 476 g/mol. The van der Waals surface area contributed by atoms with Gasteiger partial charge < -0.3 is 5.11 Å². The number of hydrogen-bond donors (Lipinski definition) is 5. The fourth-order valence-electron chi connectivity index (χ4n) is 2.61. The Morgan fingerprint density at radius 1 is 0.757 bits per heavy atom. The lowest BCUT2D eigenvalue weighted by molar-refractivity contribution is -0.139. The monoisotopic (exact) mass is 498 g/mol. The third kappa shape index (κ3) is 8.90. The minimum Gasteiger partial charge on any atom is -0.507 e. The van der Waals surface area contributed by atoms with Crippen molar-refractivity contribution in [3.63, 3.8) is 0 Å². The highest BCUT2D eigenvalue weighted by Gasteiger charge is 2.12. The zero-order valence-corrected chi connectivity index (χ0v) is 19.3. The summed E-state index contributed by atoms with van der Waals surface area (Å²) in [5, 5.41) is 25.3. The van der Waals surface area contributed by atoms with E-state index in [0.29, 0.717) is 0 Å². The first-order chi connectivity index (χ1) is 18.0. The summed E-state index contributed by atoms with van der Waals surface area (Å²) in [6, 6.07) is 24.6. The van der Waals surface area contributed by atoms with Crippen LogP contribution in [0.15, 0.2) is 101 Å². The molecule has 1 heterocycles. The lowest BCUT2D eigenvalue weighted by atomic mass is 10.2. The lowest BCUT2D eigenvalue weighted by Crippen LogP contribution is -2.35. The number of rotatable bonds is 6. The number of H-pyrrole nitrogens is 1. The Balaban J connectivity index is 0.000000220. The highest BCUT2D eigenvalue weighted by atomic mass is 16.3. The van der Waals surface area contributed by atoms with Gasteiger partial charge in [0.2, 0.25) is 5.95 Å². The van der Waals surface area contributed by atoms with E-state index in [1.54, 1.807) is 12.1 Å². The van der Waals surface area contributed by atoms with Crippen molar-refractivity contribution >= 4 is 36.1 Å². The van der Waals surface area contributed by atoms with Crippen LogP contribution in [0.1, 0.15) is 21.5 Å². The summed E-state index contributed by atoms with van der Waals surface area (Å²) in [5.74, 6) is -2.14. The van der Waals surface area contributed by atoms with Gasteiger partial charge in [0, 0.05) is 0 Å². The van der Waals surface area contributed by atoms with Crippen molar-refractivity contribution in [3.8, 4) is 5.75 Å². The molecule has 0 aliphatic carbocycles. The summed E-state index contributed by atoms with van der Waals surface area (Å²) in [5.41, 5.74) is 6.05. The van der Waals surface area contributed by atoms with E-state index in [-0.39, 0.29) is 17.3 Å². The predicted molar refractivity (Wildman–Crippen MR) is 137 cm³/mol. The van der Waals surface area contributed by atoms with Crippen molar-refractivity contribution < 1.29 is 19.5 Å². The Morgan fingerprint density at radius 2 is 1.27 bits per heavy atom. The molecule has 0 unspecified atom stereocenters. The largest absolute Gasteiger partial charge is 0.507 e. The van der Waals surface area contributed by atoms with Crippen LogP contribution >= 0.6 is 0 Å². The number of nitrogens with zero attached hydrogens (tertiary/aromatic N) is 4. The lowest BCUT2D eigenvalue weighted by Gasteiger charge is -2.02. The summed E-state index contributed by atoms with van der Waals surface area (Å²) >= 11 is 0. The van der Waals surface area contributed by atoms with E-state index in [9.17, 15) is 19.5 Å². The first kappa shape index (κ1) is 26.0. The van der Waals surface area contributed by atoms with Crippen molar-refractivity contribution in [1.82, 2.24) is 26.0 Å². The standard InChI is InChI=1S/C16H14N4O2.C9H8N4O2/c21-15(19-17-11-13-7-3-1-4-8-13)16(22)20-18-12-14-9-5-2-6-10-14;14-7-4-2-1-3-6(7)8(15)12-9-10-5-11-13-9/h1-12H,(H,19,21)(H,20,22);1-5,14H,(H2,10,11,12,13,15)/b17-11-,18-12+;. The van der Waals surface area contributed by atoms with Gasteiger partial charge in [0.1, 0.15) is 12.1 Å². The smallest absolute Gasteiger partial charge is 0.331 e. The molecule has 5 N–H and O–H groups in total. The number of para-hydroxylation sites is 1. The molecule has 0 aliphatic rings. The van der Waals surface area contributed by atoms with Crippen LogP contribution in [0.25, 0.3) is 0 Å². The molecule has 0 bridgehead atoms. The molecule has 0 spiro atoms. The van der Waals surface area contributed by atoms with E-state index in [1.807, 2.05) is 60.7 Å². The molecule has 37 heavy (non-hydrogen) atoms.